The van der Waals surface area contributed by atoms with Gasteiger partial charge in [0.1, 0.15) is 0 Å². The third kappa shape index (κ3) is 2.39. The Labute approximate surface area is 118 Å². The Kier molecular flexibility index (Phi) is 3.40. The van der Waals surface area contributed by atoms with Gasteiger partial charge in [-0.3, -0.25) is 0 Å². The van der Waals surface area contributed by atoms with E-state index in [1.165, 1.54) is 0 Å². The summed E-state index contributed by atoms with van der Waals surface area (Å²) in [5.74, 6) is 0.152. The van der Waals surface area contributed by atoms with E-state index in [0.717, 1.165) is 23.2 Å². The molecule has 0 spiro atoms. The lowest BCUT2D eigenvalue weighted by Crippen LogP contribution is -2.35. The van der Waals surface area contributed by atoms with Crippen molar-refractivity contribution < 1.29 is 14.6 Å². The number of rotatable bonds is 2. The maximum absolute atomic E-state index is 11.6. The highest BCUT2D eigenvalue weighted by atomic mass is 16.5. The van der Waals surface area contributed by atoms with Gasteiger partial charge in [0, 0.05) is 25.2 Å². The van der Waals surface area contributed by atoms with E-state index < -0.39 is 6.10 Å². The summed E-state index contributed by atoms with van der Waals surface area (Å²) in [6.07, 6.45) is 0.598. The van der Waals surface area contributed by atoms with Crippen molar-refractivity contribution in [3.05, 3.63) is 29.3 Å². The zero-order valence-corrected chi connectivity index (χ0v) is 11.8. The number of carbonyl (C=O) groups excluding carboxylic acids is 1. The average molecular weight is 276 g/mol. The van der Waals surface area contributed by atoms with E-state index >= 15 is 0 Å². The van der Waals surface area contributed by atoms with Gasteiger partial charge in [-0.2, -0.15) is 0 Å². The Morgan fingerprint density at radius 3 is 3.00 bits per heavy atom. The molecule has 1 aromatic rings. The predicted octanol–water partition coefficient (Wildman–Crippen LogP) is 2.12. The molecule has 3 unspecified atom stereocenters. The number of hydrogen-bond acceptors (Lipinski definition) is 3. The number of anilines is 1. The van der Waals surface area contributed by atoms with Crippen molar-refractivity contribution in [3.63, 3.8) is 0 Å². The Morgan fingerprint density at radius 2 is 2.30 bits per heavy atom. The topological polar surface area (TPSA) is 61.8 Å². The molecule has 1 aromatic carbocycles. The highest BCUT2D eigenvalue weighted by molar-refractivity contribution is 5.92. The van der Waals surface area contributed by atoms with Crippen molar-refractivity contribution in [2.45, 2.75) is 32.1 Å². The Morgan fingerprint density at radius 1 is 1.50 bits per heavy atom. The lowest BCUT2D eigenvalue weighted by molar-refractivity contribution is 0.0803. The fourth-order valence-corrected chi connectivity index (χ4v) is 2.93. The van der Waals surface area contributed by atoms with Crippen LogP contribution in [0.5, 0.6) is 0 Å². The van der Waals surface area contributed by atoms with Gasteiger partial charge in [0.2, 0.25) is 0 Å². The molecule has 0 radical (unpaired) electrons. The van der Waals surface area contributed by atoms with E-state index in [1.54, 1.807) is 11.9 Å². The van der Waals surface area contributed by atoms with Crippen LogP contribution < -0.4 is 5.32 Å². The quantitative estimate of drug-likeness (QED) is 0.869. The van der Waals surface area contributed by atoms with Gasteiger partial charge in [0.05, 0.1) is 18.8 Å². The average Bonchev–Trinajstić information content (AvgIpc) is 2.85. The van der Waals surface area contributed by atoms with Gasteiger partial charge in [-0.1, -0.05) is 6.07 Å². The van der Waals surface area contributed by atoms with Crippen LogP contribution in [0.25, 0.3) is 0 Å². The summed E-state index contributed by atoms with van der Waals surface area (Å²) in [7, 11) is 1.76. The van der Waals surface area contributed by atoms with Gasteiger partial charge >= 0.3 is 6.03 Å². The first kappa shape index (κ1) is 13.4. The molecule has 0 bridgehead atoms. The minimum Gasteiger partial charge on any atom is -0.388 e. The van der Waals surface area contributed by atoms with Gasteiger partial charge < -0.3 is 20.1 Å². The number of urea groups is 1. The summed E-state index contributed by atoms with van der Waals surface area (Å²) in [6.45, 7) is 3.21. The minimum absolute atomic E-state index is 0.0937. The largest absolute Gasteiger partial charge is 0.388 e. The molecule has 5 nitrogen and oxygen atoms in total. The number of hydrogen-bond donors (Lipinski definition) is 2. The molecule has 2 amide bonds. The van der Waals surface area contributed by atoms with Crippen LogP contribution in [0, 0.1) is 5.92 Å². The van der Waals surface area contributed by atoms with Crippen molar-refractivity contribution >= 4 is 11.7 Å². The number of aliphatic hydroxyl groups is 1. The first-order valence-corrected chi connectivity index (χ1v) is 6.99. The van der Waals surface area contributed by atoms with Crippen molar-refractivity contribution in [2.75, 3.05) is 19.0 Å². The SMILES string of the molecule is CC1CC(C(O)c2ccc3c(c2)CN(C)C(=O)N3)CO1. The lowest BCUT2D eigenvalue weighted by atomic mass is 9.92. The van der Waals surface area contributed by atoms with E-state index in [2.05, 4.69) is 5.32 Å². The van der Waals surface area contributed by atoms with Crippen molar-refractivity contribution in [3.8, 4) is 0 Å². The first-order valence-electron chi connectivity index (χ1n) is 6.99. The third-order valence-electron chi connectivity index (χ3n) is 4.14. The second-order valence-corrected chi connectivity index (χ2v) is 5.79. The molecule has 2 N–H and O–H groups in total. The maximum Gasteiger partial charge on any atom is 0.321 e. The van der Waals surface area contributed by atoms with E-state index in [9.17, 15) is 9.90 Å². The number of ether oxygens (including phenoxy) is 1. The summed E-state index contributed by atoms with van der Waals surface area (Å²) in [4.78, 5) is 13.2. The zero-order chi connectivity index (χ0) is 14.3. The predicted molar refractivity (Wildman–Crippen MR) is 75.4 cm³/mol. The molecule has 2 aliphatic heterocycles. The monoisotopic (exact) mass is 276 g/mol. The molecule has 5 heteroatoms. The first-order chi connectivity index (χ1) is 9.54. The van der Waals surface area contributed by atoms with Crippen LogP contribution in [0.3, 0.4) is 0 Å². The van der Waals surface area contributed by atoms with Gasteiger partial charge in [0.15, 0.2) is 0 Å². The van der Waals surface area contributed by atoms with Crippen LogP contribution in [-0.4, -0.2) is 35.8 Å². The molecule has 3 rings (SSSR count). The summed E-state index contributed by atoms with van der Waals surface area (Å²) < 4.78 is 5.53. The maximum atomic E-state index is 11.6. The Bertz CT molecular complexity index is 532. The third-order valence-corrected chi connectivity index (χ3v) is 4.14. The summed E-state index contributed by atoms with van der Waals surface area (Å²) in [5.41, 5.74) is 2.77. The van der Waals surface area contributed by atoms with Gasteiger partial charge in [-0.05, 0) is 36.6 Å². The van der Waals surface area contributed by atoms with Gasteiger partial charge in [-0.25, -0.2) is 4.79 Å². The molecule has 1 saturated heterocycles. The highest BCUT2D eigenvalue weighted by Gasteiger charge is 2.30. The molecule has 0 saturated carbocycles. The minimum atomic E-state index is -0.506. The Balaban J connectivity index is 1.82. The van der Waals surface area contributed by atoms with E-state index in [1.807, 2.05) is 25.1 Å². The van der Waals surface area contributed by atoms with Crippen molar-refractivity contribution in [1.29, 1.82) is 0 Å². The van der Waals surface area contributed by atoms with Crippen LogP contribution in [0.15, 0.2) is 18.2 Å². The highest BCUT2D eigenvalue weighted by Crippen LogP contribution is 2.34. The van der Waals surface area contributed by atoms with E-state index in [0.29, 0.717) is 13.2 Å². The van der Waals surface area contributed by atoms with Crippen LogP contribution >= 0.6 is 0 Å². The number of fused-ring (bicyclic) bond motifs is 1. The standard InChI is InChI=1S/C15H20N2O3/c1-9-5-12(8-20-9)14(18)10-3-4-13-11(6-10)7-17(2)15(19)16-13/h3-4,6,9,12,14,18H,5,7-8H2,1-2H3,(H,16,19). The number of carbonyl (C=O) groups is 1. The van der Waals surface area contributed by atoms with E-state index in [-0.39, 0.29) is 18.1 Å². The fourth-order valence-electron chi connectivity index (χ4n) is 2.93. The zero-order valence-electron chi connectivity index (χ0n) is 11.8. The number of aliphatic hydroxyl groups excluding tert-OH is 1. The second-order valence-electron chi connectivity index (χ2n) is 5.79. The molecule has 0 aliphatic carbocycles. The normalized spacial score (nSPS) is 27.1. The molecular formula is C15H20N2O3. The summed E-state index contributed by atoms with van der Waals surface area (Å²) in [6, 6.07) is 5.65. The van der Waals surface area contributed by atoms with Crippen molar-refractivity contribution in [2.24, 2.45) is 5.92 Å². The smallest absolute Gasteiger partial charge is 0.321 e. The van der Waals surface area contributed by atoms with Crippen LogP contribution in [0.2, 0.25) is 0 Å². The van der Waals surface area contributed by atoms with E-state index in [4.69, 9.17) is 4.74 Å². The molecule has 2 heterocycles. The summed E-state index contributed by atoms with van der Waals surface area (Å²) >= 11 is 0. The number of nitrogens with one attached hydrogen (secondary N) is 1. The Hall–Kier alpha value is -1.59. The summed E-state index contributed by atoms with van der Waals surface area (Å²) in [5, 5.41) is 13.3. The van der Waals surface area contributed by atoms with Gasteiger partial charge in [0.25, 0.3) is 0 Å². The molecule has 0 aromatic heterocycles. The lowest BCUT2D eigenvalue weighted by Gasteiger charge is -2.27. The molecule has 108 valence electrons. The van der Waals surface area contributed by atoms with Crippen LogP contribution in [0.1, 0.15) is 30.6 Å². The molecular weight excluding hydrogens is 256 g/mol. The van der Waals surface area contributed by atoms with Crippen LogP contribution in [0.4, 0.5) is 10.5 Å². The van der Waals surface area contributed by atoms with Crippen molar-refractivity contribution in [1.82, 2.24) is 4.90 Å². The molecule has 20 heavy (non-hydrogen) atoms. The molecule has 3 atom stereocenters. The molecule has 2 aliphatic rings. The van der Waals surface area contributed by atoms with Gasteiger partial charge in [-0.15, -0.1) is 0 Å². The number of benzene rings is 1. The number of amides is 2. The second kappa shape index (κ2) is 5.07. The number of nitrogens with zero attached hydrogens (tertiary/aromatic N) is 1. The molecule has 1 fully saturated rings. The fraction of sp³-hybridized carbons (Fsp3) is 0.533. The van der Waals surface area contributed by atoms with Crippen LogP contribution in [-0.2, 0) is 11.3 Å².